The maximum atomic E-state index is 6.05. The zero-order valence-electron chi connectivity index (χ0n) is 11.6. The monoisotopic (exact) mass is 303 g/mol. The summed E-state index contributed by atoms with van der Waals surface area (Å²) in [7, 11) is 1.64. The number of halogens is 1. The second kappa shape index (κ2) is 5.57. The Labute approximate surface area is 126 Å². The minimum Gasteiger partial charge on any atom is -0.497 e. The van der Waals surface area contributed by atoms with Crippen LogP contribution in [0.5, 0.6) is 5.75 Å². The Hall–Kier alpha value is -2.34. The number of hydrogen-bond acceptors (Lipinski definition) is 5. The highest BCUT2D eigenvalue weighted by Gasteiger charge is 2.07. The summed E-state index contributed by atoms with van der Waals surface area (Å²) in [6, 6.07) is 5.70. The van der Waals surface area contributed by atoms with Crippen molar-refractivity contribution in [1.82, 2.24) is 19.9 Å². The molecular formula is C14H14ClN5O. The summed E-state index contributed by atoms with van der Waals surface area (Å²) in [6.07, 6.45) is 1.58. The van der Waals surface area contributed by atoms with Gasteiger partial charge in [0, 0.05) is 6.07 Å². The molecule has 108 valence electrons. The summed E-state index contributed by atoms with van der Waals surface area (Å²) in [5.41, 5.74) is 1.81. The van der Waals surface area contributed by atoms with Crippen LogP contribution < -0.4 is 10.1 Å². The van der Waals surface area contributed by atoms with E-state index in [1.54, 1.807) is 13.3 Å². The third-order valence-electron chi connectivity index (χ3n) is 3.03. The summed E-state index contributed by atoms with van der Waals surface area (Å²) < 4.78 is 5.19. The van der Waals surface area contributed by atoms with Crippen LogP contribution in [-0.4, -0.2) is 27.0 Å². The number of hydrogen-bond donors (Lipinski definition) is 2. The largest absolute Gasteiger partial charge is 0.497 e. The van der Waals surface area contributed by atoms with Crippen molar-refractivity contribution in [2.24, 2.45) is 0 Å². The zero-order valence-corrected chi connectivity index (χ0v) is 12.4. The highest BCUT2D eigenvalue weighted by atomic mass is 35.5. The topological polar surface area (TPSA) is 75.7 Å². The lowest BCUT2D eigenvalue weighted by molar-refractivity contribution is 0.415. The second-order valence-corrected chi connectivity index (χ2v) is 4.94. The average Bonchev–Trinajstić information content (AvgIpc) is 2.89. The lowest BCUT2D eigenvalue weighted by Gasteiger charge is -2.05. The molecular weight excluding hydrogens is 290 g/mol. The maximum Gasteiger partial charge on any atom is 0.148 e. The molecule has 21 heavy (non-hydrogen) atoms. The van der Waals surface area contributed by atoms with E-state index in [1.807, 2.05) is 25.1 Å². The Morgan fingerprint density at radius 1 is 1.33 bits per heavy atom. The van der Waals surface area contributed by atoms with Crippen molar-refractivity contribution < 1.29 is 4.74 Å². The van der Waals surface area contributed by atoms with Gasteiger partial charge in [-0.2, -0.15) is 0 Å². The molecule has 0 saturated carbocycles. The fourth-order valence-corrected chi connectivity index (χ4v) is 2.16. The standard InChI is InChI=1S/C14H14ClN5O/c1-8-16-6-10(15)14(18-8)17-7-13-19-11-4-3-9(21-2)5-12(11)20-13/h3-6H,7H2,1-2H3,(H,19,20)(H,16,17,18). The fraction of sp³-hybridized carbons (Fsp3) is 0.214. The molecule has 0 spiro atoms. The van der Waals surface area contributed by atoms with Crippen LogP contribution in [0.25, 0.3) is 11.0 Å². The molecule has 2 aromatic heterocycles. The van der Waals surface area contributed by atoms with Gasteiger partial charge in [-0.25, -0.2) is 15.0 Å². The van der Waals surface area contributed by atoms with E-state index in [0.29, 0.717) is 23.2 Å². The minimum absolute atomic E-state index is 0.485. The lowest BCUT2D eigenvalue weighted by atomic mass is 10.3. The van der Waals surface area contributed by atoms with E-state index in [4.69, 9.17) is 16.3 Å². The van der Waals surface area contributed by atoms with Gasteiger partial charge in [-0.3, -0.25) is 0 Å². The molecule has 0 amide bonds. The first kappa shape index (κ1) is 13.6. The van der Waals surface area contributed by atoms with Gasteiger partial charge in [0.25, 0.3) is 0 Å². The number of benzene rings is 1. The molecule has 6 nitrogen and oxygen atoms in total. The predicted molar refractivity (Wildman–Crippen MR) is 81.8 cm³/mol. The van der Waals surface area contributed by atoms with E-state index in [0.717, 1.165) is 22.6 Å². The molecule has 0 unspecified atom stereocenters. The normalized spacial score (nSPS) is 10.8. The molecule has 2 heterocycles. The summed E-state index contributed by atoms with van der Waals surface area (Å²) in [4.78, 5) is 16.0. The van der Waals surface area contributed by atoms with Crippen LogP contribution >= 0.6 is 11.6 Å². The van der Waals surface area contributed by atoms with E-state index in [9.17, 15) is 0 Å². The van der Waals surface area contributed by atoms with Crippen LogP contribution in [0.3, 0.4) is 0 Å². The molecule has 0 aliphatic heterocycles. The molecule has 0 bridgehead atoms. The number of aryl methyl sites for hydroxylation is 1. The Bertz CT molecular complexity index is 786. The van der Waals surface area contributed by atoms with Gasteiger partial charge in [0.15, 0.2) is 0 Å². The SMILES string of the molecule is COc1ccc2nc(CNc3nc(C)ncc3Cl)[nH]c2c1. The van der Waals surface area contributed by atoms with Gasteiger partial charge >= 0.3 is 0 Å². The number of nitrogens with one attached hydrogen (secondary N) is 2. The number of rotatable bonds is 4. The van der Waals surface area contributed by atoms with Crippen LogP contribution in [0.1, 0.15) is 11.6 Å². The summed E-state index contributed by atoms with van der Waals surface area (Å²) in [5, 5.41) is 3.64. The van der Waals surface area contributed by atoms with Gasteiger partial charge in [0.1, 0.15) is 28.2 Å². The Morgan fingerprint density at radius 3 is 3.00 bits per heavy atom. The highest BCUT2D eigenvalue weighted by Crippen LogP contribution is 2.20. The molecule has 0 atom stereocenters. The van der Waals surface area contributed by atoms with Crippen LogP contribution in [0.15, 0.2) is 24.4 Å². The number of nitrogens with zero attached hydrogens (tertiary/aromatic N) is 3. The van der Waals surface area contributed by atoms with E-state index in [-0.39, 0.29) is 0 Å². The highest BCUT2D eigenvalue weighted by molar-refractivity contribution is 6.32. The first-order valence-electron chi connectivity index (χ1n) is 6.41. The lowest BCUT2D eigenvalue weighted by Crippen LogP contribution is -2.04. The number of H-pyrrole nitrogens is 1. The predicted octanol–water partition coefficient (Wildman–Crippen LogP) is 2.94. The minimum atomic E-state index is 0.485. The third-order valence-corrected chi connectivity index (χ3v) is 3.30. The fourth-order valence-electron chi connectivity index (χ4n) is 2.00. The smallest absolute Gasteiger partial charge is 0.148 e. The van der Waals surface area contributed by atoms with Gasteiger partial charge in [-0.1, -0.05) is 11.6 Å². The second-order valence-electron chi connectivity index (χ2n) is 4.53. The van der Waals surface area contributed by atoms with Crippen molar-refractivity contribution in [3.63, 3.8) is 0 Å². The molecule has 3 aromatic rings. The van der Waals surface area contributed by atoms with Crippen molar-refractivity contribution >= 4 is 28.5 Å². The number of aromatic amines is 1. The molecule has 3 rings (SSSR count). The van der Waals surface area contributed by atoms with E-state index >= 15 is 0 Å². The summed E-state index contributed by atoms with van der Waals surface area (Å²) in [6.45, 7) is 2.31. The van der Waals surface area contributed by atoms with Crippen LogP contribution in [-0.2, 0) is 6.54 Å². The molecule has 0 radical (unpaired) electrons. The number of imidazole rings is 1. The third kappa shape index (κ3) is 2.90. The zero-order chi connectivity index (χ0) is 14.8. The molecule has 7 heteroatoms. The number of fused-ring (bicyclic) bond motifs is 1. The van der Waals surface area contributed by atoms with Crippen molar-refractivity contribution in [3.05, 3.63) is 41.1 Å². The molecule has 0 aliphatic carbocycles. The van der Waals surface area contributed by atoms with Gasteiger partial charge in [-0.15, -0.1) is 0 Å². The number of aromatic nitrogens is 4. The summed E-state index contributed by atoms with van der Waals surface area (Å²) >= 11 is 6.05. The van der Waals surface area contributed by atoms with Crippen molar-refractivity contribution in [1.29, 1.82) is 0 Å². The van der Waals surface area contributed by atoms with Crippen molar-refractivity contribution in [3.8, 4) is 5.75 Å². The van der Waals surface area contributed by atoms with Crippen LogP contribution in [0.2, 0.25) is 5.02 Å². The first-order chi connectivity index (χ1) is 10.2. The van der Waals surface area contributed by atoms with Crippen LogP contribution in [0.4, 0.5) is 5.82 Å². The molecule has 0 fully saturated rings. The van der Waals surface area contributed by atoms with E-state index < -0.39 is 0 Å². The summed E-state index contributed by atoms with van der Waals surface area (Å²) in [5.74, 6) is 2.85. The quantitative estimate of drug-likeness (QED) is 0.775. The van der Waals surface area contributed by atoms with Gasteiger partial charge < -0.3 is 15.0 Å². The van der Waals surface area contributed by atoms with Crippen LogP contribution in [0, 0.1) is 6.92 Å². The van der Waals surface area contributed by atoms with E-state index in [2.05, 4.69) is 25.3 Å². The molecule has 1 aromatic carbocycles. The molecule has 0 aliphatic rings. The number of anilines is 1. The number of ether oxygens (including phenoxy) is 1. The van der Waals surface area contributed by atoms with Crippen molar-refractivity contribution in [2.45, 2.75) is 13.5 Å². The van der Waals surface area contributed by atoms with Gasteiger partial charge in [-0.05, 0) is 19.1 Å². The Morgan fingerprint density at radius 2 is 2.19 bits per heavy atom. The van der Waals surface area contributed by atoms with Gasteiger partial charge in [0.05, 0.1) is 30.9 Å². The first-order valence-corrected chi connectivity index (χ1v) is 6.79. The average molecular weight is 304 g/mol. The Balaban J connectivity index is 1.80. The number of methoxy groups -OCH3 is 1. The molecule has 2 N–H and O–H groups in total. The molecule has 0 saturated heterocycles. The maximum absolute atomic E-state index is 6.05. The van der Waals surface area contributed by atoms with Gasteiger partial charge in [0.2, 0.25) is 0 Å². The van der Waals surface area contributed by atoms with E-state index in [1.165, 1.54) is 0 Å². The van der Waals surface area contributed by atoms with Crippen molar-refractivity contribution in [2.75, 3.05) is 12.4 Å². The Kier molecular flexibility index (Phi) is 3.62.